The quantitative estimate of drug-likeness (QED) is 0.788. The number of aliphatic carboxylic acids is 1. The Kier molecular flexibility index (Phi) is 2.90. The van der Waals surface area contributed by atoms with Crippen LogP contribution in [-0.2, 0) is 9.59 Å². The summed E-state index contributed by atoms with van der Waals surface area (Å²) >= 11 is 0. The Balaban J connectivity index is 2.17. The molecule has 2 atom stereocenters. The Morgan fingerprint density at radius 3 is 2.62 bits per heavy atom. The number of benzene rings is 1. The van der Waals surface area contributed by atoms with E-state index in [4.69, 9.17) is 5.11 Å². The van der Waals surface area contributed by atoms with E-state index in [1.807, 2.05) is 30.3 Å². The van der Waals surface area contributed by atoms with Crippen LogP contribution in [-0.4, -0.2) is 17.0 Å². The lowest BCUT2D eigenvalue weighted by Crippen LogP contribution is -2.39. The van der Waals surface area contributed by atoms with Gasteiger partial charge in [-0.3, -0.25) is 9.59 Å². The van der Waals surface area contributed by atoms with Crippen LogP contribution < -0.4 is 5.32 Å². The van der Waals surface area contributed by atoms with E-state index in [9.17, 15) is 9.59 Å². The molecule has 1 fully saturated rings. The number of carboxylic acid groups (broad SMARTS) is 1. The van der Waals surface area contributed by atoms with Crippen molar-refractivity contribution < 1.29 is 14.7 Å². The molecule has 2 unspecified atom stereocenters. The van der Waals surface area contributed by atoms with Crippen LogP contribution >= 0.6 is 0 Å². The van der Waals surface area contributed by atoms with Crippen LogP contribution in [0.2, 0.25) is 0 Å². The number of carboxylic acids is 1. The monoisotopic (exact) mass is 219 g/mol. The predicted molar refractivity (Wildman–Crippen MR) is 57.7 cm³/mol. The molecule has 0 aromatic heterocycles. The molecule has 2 rings (SSSR count). The summed E-state index contributed by atoms with van der Waals surface area (Å²) in [5.41, 5.74) is 0.960. The van der Waals surface area contributed by atoms with Crippen molar-refractivity contribution in [2.75, 3.05) is 0 Å². The zero-order valence-electron chi connectivity index (χ0n) is 8.72. The van der Waals surface area contributed by atoms with Crippen LogP contribution in [0.1, 0.15) is 24.4 Å². The molecule has 1 aromatic carbocycles. The van der Waals surface area contributed by atoms with Gasteiger partial charge in [-0.05, 0) is 12.0 Å². The minimum Gasteiger partial charge on any atom is -0.481 e. The molecule has 0 radical (unpaired) electrons. The minimum absolute atomic E-state index is 0.0820. The van der Waals surface area contributed by atoms with Crippen molar-refractivity contribution in [2.45, 2.75) is 18.9 Å². The first kappa shape index (κ1) is 10.7. The fraction of sp³-hybridized carbons (Fsp3) is 0.333. The van der Waals surface area contributed by atoms with E-state index in [0.29, 0.717) is 6.42 Å². The second-order valence-corrected chi connectivity index (χ2v) is 4.01. The fourth-order valence-corrected chi connectivity index (χ4v) is 2.00. The normalized spacial score (nSPS) is 24.9. The first-order valence-corrected chi connectivity index (χ1v) is 5.24. The van der Waals surface area contributed by atoms with Crippen LogP contribution in [0.25, 0.3) is 0 Å². The van der Waals surface area contributed by atoms with Crippen molar-refractivity contribution in [1.82, 2.24) is 5.32 Å². The first-order chi connectivity index (χ1) is 7.66. The molecule has 1 saturated heterocycles. The molecular formula is C12H13NO3. The van der Waals surface area contributed by atoms with E-state index in [1.165, 1.54) is 0 Å². The zero-order chi connectivity index (χ0) is 11.5. The molecule has 2 N–H and O–H groups in total. The maximum Gasteiger partial charge on any atom is 0.307 e. The molecule has 0 aliphatic carbocycles. The molecule has 0 bridgehead atoms. The van der Waals surface area contributed by atoms with Gasteiger partial charge < -0.3 is 10.4 Å². The molecule has 16 heavy (non-hydrogen) atoms. The van der Waals surface area contributed by atoms with Gasteiger partial charge in [0.05, 0.1) is 12.0 Å². The summed E-state index contributed by atoms with van der Waals surface area (Å²) in [6, 6.07) is 9.27. The highest BCUT2D eigenvalue weighted by Gasteiger charge is 2.31. The fourth-order valence-electron chi connectivity index (χ4n) is 2.00. The number of carbonyl (C=O) groups is 2. The third-order valence-electron chi connectivity index (χ3n) is 2.84. The van der Waals surface area contributed by atoms with Gasteiger partial charge in [0.2, 0.25) is 5.91 Å². The Bertz CT molecular complexity index is 402. The average molecular weight is 219 g/mol. The number of carbonyl (C=O) groups excluding carboxylic acids is 1. The molecule has 4 nitrogen and oxygen atoms in total. The van der Waals surface area contributed by atoms with E-state index in [-0.39, 0.29) is 18.4 Å². The Hall–Kier alpha value is -1.84. The maximum absolute atomic E-state index is 11.4. The number of hydrogen-bond acceptors (Lipinski definition) is 2. The smallest absolute Gasteiger partial charge is 0.307 e. The highest BCUT2D eigenvalue weighted by molar-refractivity contribution is 5.84. The van der Waals surface area contributed by atoms with Gasteiger partial charge in [0.1, 0.15) is 0 Å². The highest BCUT2D eigenvalue weighted by Crippen LogP contribution is 2.27. The van der Waals surface area contributed by atoms with Crippen LogP contribution in [0, 0.1) is 5.92 Å². The SMILES string of the molecule is O=C1CC(C(=O)O)CC(c2ccccc2)N1. The van der Waals surface area contributed by atoms with Crippen LogP contribution in [0.5, 0.6) is 0 Å². The van der Waals surface area contributed by atoms with Gasteiger partial charge in [-0.2, -0.15) is 0 Å². The minimum atomic E-state index is -0.893. The topological polar surface area (TPSA) is 66.4 Å². The molecule has 1 heterocycles. The second-order valence-electron chi connectivity index (χ2n) is 4.01. The third-order valence-corrected chi connectivity index (χ3v) is 2.84. The van der Waals surface area contributed by atoms with Crippen molar-refractivity contribution in [3.63, 3.8) is 0 Å². The summed E-state index contributed by atoms with van der Waals surface area (Å²) in [5.74, 6) is -1.65. The predicted octanol–water partition coefficient (Wildman–Crippen LogP) is 1.34. The zero-order valence-corrected chi connectivity index (χ0v) is 8.72. The van der Waals surface area contributed by atoms with Crippen LogP contribution in [0.4, 0.5) is 0 Å². The second kappa shape index (κ2) is 4.35. The Morgan fingerprint density at radius 2 is 2.00 bits per heavy atom. The van der Waals surface area contributed by atoms with Crippen LogP contribution in [0.3, 0.4) is 0 Å². The van der Waals surface area contributed by atoms with Crippen molar-refractivity contribution in [1.29, 1.82) is 0 Å². The average Bonchev–Trinajstić information content (AvgIpc) is 2.29. The highest BCUT2D eigenvalue weighted by atomic mass is 16.4. The first-order valence-electron chi connectivity index (χ1n) is 5.24. The lowest BCUT2D eigenvalue weighted by Gasteiger charge is -2.27. The van der Waals surface area contributed by atoms with E-state index in [0.717, 1.165) is 5.56 Å². The van der Waals surface area contributed by atoms with E-state index in [2.05, 4.69) is 5.32 Å². The standard InChI is InChI=1S/C12H13NO3/c14-11-7-9(12(15)16)6-10(13-11)8-4-2-1-3-5-8/h1-5,9-10H,6-7H2,(H,13,14)(H,15,16). The Morgan fingerprint density at radius 1 is 1.31 bits per heavy atom. The molecule has 0 saturated carbocycles. The number of hydrogen-bond donors (Lipinski definition) is 2. The Labute approximate surface area is 93.3 Å². The molecule has 4 heteroatoms. The maximum atomic E-state index is 11.4. The van der Waals surface area contributed by atoms with Gasteiger partial charge in [0.25, 0.3) is 0 Å². The lowest BCUT2D eigenvalue weighted by atomic mass is 9.88. The molecule has 84 valence electrons. The van der Waals surface area contributed by atoms with E-state index < -0.39 is 11.9 Å². The summed E-state index contributed by atoms with van der Waals surface area (Å²) < 4.78 is 0. The van der Waals surface area contributed by atoms with Gasteiger partial charge in [-0.25, -0.2) is 0 Å². The summed E-state index contributed by atoms with van der Waals surface area (Å²) in [5, 5.41) is 11.8. The molecule has 0 spiro atoms. The van der Waals surface area contributed by atoms with Crippen LogP contribution in [0.15, 0.2) is 30.3 Å². The van der Waals surface area contributed by atoms with E-state index >= 15 is 0 Å². The number of nitrogens with one attached hydrogen (secondary N) is 1. The van der Waals surface area contributed by atoms with Gasteiger partial charge in [0, 0.05) is 6.42 Å². The third kappa shape index (κ3) is 2.21. The molecule has 1 amide bonds. The summed E-state index contributed by atoms with van der Waals surface area (Å²) in [4.78, 5) is 22.3. The molecular weight excluding hydrogens is 206 g/mol. The largest absolute Gasteiger partial charge is 0.481 e. The number of amides is 1. The molecule has 1 aromatic rings. The summed E-state index contributed by atoms with van der Waals surface area (Å²) in [6.45, 7) is 0. The van der Waals surface area contributed by atoms with Crippen molar-refractivity contribution in [3.05, 3.63) is 35.9 Å². The van der Waals surface area contributed by atoms with Crippen molar-refractivity contribution in [2.24, 2.45) is 5.92 Å². The summed E-state index contributed by atoms with van der Waals surface area (Å²) in [7, 11) is 0. The van der Waals surface area contributed by atoms with Crippen molar-refractivity contribution in [3.8, 4) is 0 Å². The number of piperidine rings is 1. The number of rotatable bonds is 2. The summed E-state index contributed by atoms with van der Waals surface area (Å²) in [6.07, 6.45) is 0.545. The van der Waals surface area contributed by atoms with Gasteiger partial charge in [-0.1, -0.05) is 30.3 Å². The molecule has 1 aliphatic heterocycles. The van der Waals surface area contributed by atoms with Gasteiger partial charge >= 0.3 is 5.97 Å². The van der Waals surface area contributed by atoms with Gasteiger partial charge in [-0.15, -0.1) is 0 Å². The van der Waals surface area contributed by atoms with Crippen molar-refractivity contribution >= 4 is 11.9 Å². The van der Waals surface area contributed by atoms with E-state index in [1.54, 1.807) is 0 Å². The lowest BCUT2D eigenvalue weighted by molar-refractivity contribution is -0.146. The van der Waals surface area contributed by atoms with Gasteiger partial charge in [0.15, 0.2) is 0 Å². The molecule has 1 aliphatic rings.